The summed E-state index contributed by atoms with van der Waals surface area (Å²) in [5, 5.41) is 4.24. The van der Waals surface area contributed by atoms with Crippen LogP contribution in [0.4, 0.5) is 0 Å². The van der Waals surface area contributed by atoms with Crippen molar-refractivity contribution in [1.29, 1.82) is 0 Å². The van der Waals surface area contributed by atoms with Gasteiger partial charge in [0, 0.05) is 33.0 Å². The number of hydrogen-bond donors (Lipinski definition) is 0. The van der Waals surface area contributed by atoms with Crippen molar-refractivity contribution in [1.82, 2.24) is 15.0 Å². The van der Waals surface area contributed by atoms with Crippen LogP contribution in [0.2, 0.25) is 0 Å². The van der Waals surface area contributed by atoms with Gasteiger partial charge in [-0.1, -0.05) is 194 Å². The van der Waals surface area contributed by atoms with Gasteiger partial charge in [0.05, 0.1) is 0 Å². The van der Waals surface area contributed by atoms with E-state index in [2.05, 4.69) is 182 Å². The number of nitrogens with zero attached hydrogens (tertiary/aromatic N) is 3. The van der Waals surface area contributed by atoms with Gasteiger partial charge >= 0.3 is 0 Å². The quantitative estimate of drug-likeness (QED) is 0.163. The fraction of sp³-hybridized carbons (Fsp3) is 0. The summed E-state index contributed by atoms with van der Waals surface area (Å²) in [5.74, 6) is 1.79. The molecule has 0 N–H and O–H groups in total. The first kappa shape index (κ1) is 34.3. The van der Waals surface area contributed by atoms with Crippen LogP contribution in [0.15, 0.2) is 217 Å². The topological polar surface area (TPSA) is 51.8 Å². The minimum absolute atomic E-state index is 0.582. The van der Waals surface area contributed by atoms with Crippen molar-refractivity contribution in [3.63, 3.8) is 0 Å². The standard InChI is InChI=1S/C55H35N3O/c1-4-14-36(15-5-1)38-26-30-41(31-27-38)53-56-54(43-33-29-39-28-32-42(34-44(39)35-43)37-16-6-2-7-17-37)58-55(57-53)49-24-13-25-50-51(49)48-23-12-22-47(52(48)59-50)46-21-11-10-20-45(46)40-18-8-3-9-19-40/h1-35H. The Hall–Kier alpha value is -7.95. The number of fused-ring (bicyclic) bond motifs is 4. The number of para-hydroxylation sites is 1. The predicted octanol–water partition coefficient (Wildman–Crippen LogP) is 14.6. The van der Waals surface area contributed by atoms with E-state index in [-0.39, 0.29) is 0 Å². The van der Waals surface area contributed by atoms with E-state index in [9.17, 15) is 0 Å². The Labute approximate surface area is 341 Å². The summed E-state index contributed by atoms with van der Waals surface area (Å²) in [5.41, 5.74) is 13.4. The Kier molecular flexibility index (Phi) is 8.45. The summed E-state index contributed by atoms with van der Waals surface area (Å²) in [6, 6.07) is 74.0. The largest absolute Gasteiger partial charge is 0.455 e. The summed E-state index contributed by atoms with van der Waals surface area (Å²) < 4.78 is 6.80. The fourth-order valence-electron chi connectivity index (χ4n) is 8.23. The second kappa shape index (κ2) is 14.5. The predicted molar refractivity (Wildman–Crippen MR) is 243 cm³/mol. The lowest BCUT2D eigenvalue weighted by molar-refractivity contribution is 0.670. The smallest absolute Gasteiger partial charge is 0.164 e. The van der Waals surface area contributed by atoms with Crippen LogP contribution in [0.1, 0.15) is 0 Å². The Morgan fingerprint density at radius 3 is 1.51 bits per heavy atom. The van der Waals surface area contributed by atoms with E-state index in [4.69, 9.17) is 19.4 Å². The van der Waals surface area contributed by atoms with Crippen LogP contribution in [0, 0.1) is 0 Å². The second-order valence-electron chi connectivity index (χ2n) is 14.8. The molecule has 0 radical (unpaired) electrons. The van der Waals surface area contributed by atoms with Crippen LogP contribution in [0.25, 0.3) is 111 Å². The molecule has 0 aliphatic rings. The number of furan rings is 1. The highest BCUT2D eigenvalue weighted by Crippen LogP contribution is 2.43. The van der Waals surface area contributed by atoms with Crippen molar-refractivity contribution < 1.29 is 4.42 Å². The van der Waals surface area contributed by atoms with E-state index in [1.54, 1.807) is 0 Å². The molecule has 0 aliphatic carbocycles. The Morgan fingerprint density at radius 1 is 0.288 bits per heavy atom. The average Bonchev–Trinajstić information content (AvgIpc) is 3.71. The summed E-state index contributed by atoms with van der Waals surface area (Å²) in [7, 11) is 0. The van der Waals surface area contributed by atoms with Gasteiger partial charge in [0.2, 0.25) is 0 Å². The van der Waals surface area contributed by atoms with Crippen LogP contribution >= 0.6 is 0 Å². The molecular formula is C55H35N3O. The van der Waals surface area contributed by atoms with E-state index < -0.39 is 0 Å². The molecule has 0 spiro atoms. The summed E-state index contributed by atoms with van der Waals surface area (Å²) >= 11 is 0. The molecule has 0 saturated carbocycles. The Balaban J connectivity index is 1.09. The van der Waals surface area contributed by atoms with Crippen LogP contribution in [0.3, 0.4) is 0 Å². The molecule has 0 fully saturated rings. The van der Waals surface area contributed by atoms with Gasteiger partial charge in [-0.2, -0.15) is 0 Å². The maximum absolute atomic E-state index is 6.80. The zero-order chi connectivity index (χ0) is 39.1. The third kappa shape index (κ3) is 6.34. The Morgan fingerprint density at radius 2 is 0.780 bits per heavy atom. The third-order valence-corrected chi connectivity index (χ3v) is 11.2. The molecule has 2 aromatic heterocycles. The molecule has 276 valence electrons. The zero-order valence-electron chi connectivity index (χ0n) is 32.0. The maximum Gasteiger partial charge on any atom is 0.164 e. The molecule has 4 nitrogen and oxygen atoms in total. The first-order valence-electron chi connectivity index (χ1n) is 19.8. The van der Waals surface area contributed by atoms with Crippen molar-refractivity contribution in [2.24, 2.45) is 0 Å². The van der Waals surface area contributed by atoms with E-state index in [0.29, 0.717) is 17.5 Å². The Bertz CT molecular complexity index is 3300. The third-order valence-electron chi connectivity index (χ3n) is 11.2. The number of hydrogen-bond acceptors (Lipinski definition) is 4. The van der Waals surface area contributed by atoms with E-state index in [1.165, 1.54) is 5.56 Å². The van der Waals surface area contributed by atoms with Gasteiger partial charge in [-0.3, -0.25) is 0 Å². The van der Waals surface area contributed by atoms with Gasteiger partial charge < -0.3 is 4.42 Å². The normalized spacial score (nSPS) is 11.4. The van der Waals surface area contributed by atoms with Gasteiger partial charge in [0.1, 0.15) is 11.2 Å². The van der Waals surface area contributed by atoms with Crippen LogP contribution < -0.4 is 0 Å². The molecule has 4 heteroatoms. The molecule has 2 heterocycles. The highest BCUT2D eigenvalue weighted by atomic mass is 16.3. The van der Waals surface area contributed by atoms with Crippen molar-refractivity contribution >= 4 is 32.7 Å². The highest BCUT2D eigenvalue weighted by Gasteiger charge is 2.21. The molecule has 59 heavy (non-hydrogen) atoms. The first-order chi connectivity index (χ1) is 29.2. The van der Waals surface area contributed by atoms with Gasteiger partial charge in [-0.15, -0.1) is 0 Å². The molecule has 9 aromatic carbocycles. The summed E-state index contributed by atoms with van der Waals surface area (Å²) in [6.45, 7) is 0. The van der Waals surface area contributed by atoms with E-state index >= 15 is 0 Å². The van der Waals surface area contributed by atoms with Gasteiger partial charge in [-0.05, 0) is 67.9 Å². The molecule has 11 aromatic rings. The number of aromatic nitrogens is 3. The van der Waals surface area contributed by atoms with E-state index in [0.717, 1.165) is 88.3 Å². The number of benzene rings is 9. The minimum atomic E-state index is 0.582. The molecule has 11 rings (SSSR count). The maximum atomic E-state index is 6.80. The molecule has 0 amide bonds. The van der Waals surface area contributed by atoms with Gasteiger partial charge in [-0.25, -0.2) is 15.0 Å². The van der Waals surface area contributed by atoms with Crippen LogP contribution in [-0.4, -0.2) is 15.0 Å². The molecular weight excluding hydrogens is 719 g/mol. The molecule has 0 atom stereocenters. The average molecular weight is 754 g/mol. The lowest BCUT2D eigenvalue weighted by Crippen LogP contribution is -2.00. The highest BCUT2D eigenvalue weighted by molar-refractivity contribution is 6.15. The number of rotatable bonds is 7. The van der Waals surface area contributed by atoms with Gasteiger partial charge in [0.25, 0.3) is 0 Å². The first-order valence-corrected chi connectivity index (χ1v) is 19.8. The van der Waals surface area contributed by atoms with Crippen molar-refractivity contribution in [2.45, 2.75) is 0 Å². The lowest BCUT2D eigenvalue weighted by Gasteiger charge is -2.11. The van der Waals surface area contributed by atoms with Gasteiger partial charge in [0.15, 0.2) is 17.5 Å². The second-order valence-corrected chi connectivity index (χ2v) is 14.8. The monoisotopic (exact) mass is 753 g/mol. The molecule has 0 unspecified atom stereocenters. The zero-order valence-corrected chi connectivity index (χ0v) is 32.0. The van der Waals surface area contributed by atoms with Crippen molar-refractivity contribution in [3.05, 3.63) is 212 Å². The van der Waals surface area contributed by atoms with Crippen LogP contribution in [0.5, 0.6) is 0 Å². The van der Waals surface area contributed by atoms with Crippen molar-refractivity contribution in [3.8, 4) is 78.7 Å². The molecule has 0 aliphatic heterocycles. The fourth-order valence-corrected chi connectivity index (χ4v) is 8.23. The lowest BCUT2D eigenvalue weighted by atomic mass is 9.93. The summed E-state index contributed by atoms with van der Waals surface area (Å²) in [6.07, 6.45) is 0. The van der Waals surface area contributed by atoms with Crippen LogP contribution in [-0.2, 0) is 0 Å². The molecule has 0 saturated heterocycles. The minimum Gasteiger partial charge on any atom is -0.455 e. The van der Waals surface area contributed by atoms with Crippen molar-refractivity contribution in [2.75, 3.05) is 0 Å². The summed E-state index contributed by atoms with van der Waals surface area (Å²) in [4.78, 5) is 15.6. The SMILES string of the molecule is c1ccc(-c2ccc(-c3nc(-c4ccc5ccc(-c6ccccc6)cc5c4)nc(-c4cccc5oc6c(-c7ccccc7-c7ccccc7)cccc6c45)n3)cc2)cc1. The molecule has 0 bridgehead atoms. The van der Waals surface area contributed by atoms with E-state index in [1.807, 2.05) is 30.3 Å².